The zero-order chi connectivity index (χ0) is 22.1. The van der Waals surface area contributed by atoms with Gasteiger partial charge in [-0.05, 0) is 79.3 Å². The average molecular weight is 425 g/mol. The van der Waals surface area contributed by atoms with Crippen molar-refractivity contribution in [2.75, 3.05) is 39.3 Å². The highest BCUT2D eigenvalue weighted by atomic mass is 16.6. The Labute approximate surface area is 181 Å². The quantitative estimate of drug-likeness (QED) is 0.621. The van der Waals surface area contributed by atoms with Crippen LogP contribution < -0.4 is 10.6 Å². The normalized spacial score (nSPS) is 30.5. The second-order valence-electron chi connectivity index (χ2n) is 11.0. The standard InChI is InChI=1S/2C11H20N2O2/c2*1-11(2,3)15-10(14)13-6-8-4-5-12-9(8)7-13/h2*8-9,12H,4-7H2,1-3H3/t2*8-,9+/m10/s1. The minimum Gasteiger partial charge on any atom is -0.444 e. The van der Waals surface area contributed by atoms with Gasteiger partial charge in [0.1, 0.15) is 11.2 Å². The lowest BCUT2D eigenvalue weighted by atomic mass is 10.1. The Balaban J connectivity index is 0.000000171. The van der Waals surface area contributed by atoms with E-state index in [-0.39, 0.29) is 23.4 Å². The van der Waals surface area contributed by atoms with Gasteiger partial charge in [0.25, 0.3) is 0 Å². The number of hydrogen-bond donors (Lipinski definition) is 2. The SMILES string of the molecule is CC(C)(C)OC(=O)N1C[C@@H]2CCN[C@@H]2C1.CC(C)(C)OC(=O)N1C[C@H]2CCN[C@H]2C1. The van der Waals surface area contributed by atoms with Gasteiger partial charge >= 0.3 is 12.2 Å². The van der Waals surface area contributed by atoms with Crippen LogP contribution in [-0.2, 0) is 9.47 Å². The van der Waals surface area contributed by atoms with E-state index in [9.17, 15) is 9.59 Å². The molecule has 4 heterocycles. The molecule has 0 aliphatic carbocycles. The molecule has 0 unspecified atom stereocenters. The van der Waals surface area contributed by atoms with Crippen LogP contribution in [-0.4, -0.2) is 84.5 Å². The number of ether oxygens (including phenoxy) is 2. The van der Waals surface area contributed by atoms with Crippen LogP contribution in [0.4, 0.5) is 9.59 Å². The number of likely N-dealkylation sites (tertiary alicyclic amines) is 2. The van der Waals surface area contributed by atoms with Gasteiger partial charge in [0.2, 0.25) is 0 Å². The van der Waals surface area contributed by atoms with Crippen LogP contribution in [0.2, 0.25) is 0 Å². The fraction of sp³-hybridized carbons (Fsp3) is 0.909. The number of hydrogen-bond acceptors (Lipinski definition) is 6. The van der Waals surface area contributed by atoms with Crippen molar-refractivity contribution in [3.8, 4) is 0 Å². The van der Waals surface area contributed by atoms with Gasteiger partial charge < -0.3 is 29.9 Å². The molecule has 4 atom stereocenters. The summed E-state index contributed by atoms with van der Waals surface area (Å²) < 4.78 is 10.7. The maximum atomic E-state index is 11.8. The molecule has 0 aromatic heterocycles. The maximum absolute atomic E-state index is 11.8. The zero-order valence-electron chi connectivity index (χ0n) is 19.5. The first-order valence-corrected chi connectivity index (χ1v) is 11.3. The van der Waals surface area contributed by atoms with Crippen LogP contribution in [0.1, 0.15) is 54.4 Å². The van der Waals surface area contributed by atoms with E-state index in [1.54, 1.807) is 0 Å². The number of rotatable bonds is 0. The van der Waals surface area contributed by atoms with E-state index in [0.717, 1.165) is 39.3 Å². The first kappa shape index (κ1) is 23.1. The van der Waals surface area contributed by atoms with Crippen LogP contribution in [0.25, 0.3) is 0 Å². The smallest absolute Gasteiger partial charge is 0.410 e. The molecule has 0 radical (unpaired) electrons. The van der Waals surface area contributed by atoms with E-state index in [4.69, 9.17) is 9.47 Å². The summed E-state index contributed by atoms with van der Waals surface area (Å²) in [5.74, 6) is 1.27. The Kier molecular flexibility index (Phi) is 6.87. The summed E-state index contributed by atoms with van der Waals surface area (Å²) in [6.07, 6.45) is 2.03. The van der Waals surface area contributed by atoms with E-state index in [1.165, 1.54) is 12.8 Å². The van der Waals surface area contributed by atoms with Crippen LogP contribution in [0.3, 0.4) is 0 Å². The molecule has 0 aromatic carbocycles. The van der Waals surface area contributed by atoms with Crippen LogP contribution >= 0.6 is 0 Å². The van der Waals surface area contributed by atoms with Crippen LogP contribution in [0, 0.1) is 11.8 Å². The Morgan fingerprint density at radius 2 is 1.07 bits per heavy atom. The Hall–Kier alpha value is -1.54. The second kappa shape index (κ2) is 8.91. The molecule has 172 valence electrons. The van der Waals surface area contributed by atoms with Gasteiger partial charge in [0.05, 0.1) is 0 Å². The molecule has 2 N–H and O–H groups in total. The summed E-state index contributed by atoms with van der Waals surface area (Å²) in [6, 6.07) is 0.995. The minimum absolute atomic E-state index is 0.168. The van der Waals surface area contributed by atoms with Crippen molar-refractivity contribution in [3.63, 3.8) is 0 Å². The third kappa shape index (κ3) is 6.23. The fourth-order valence-electron chi connectivity index (χ4n) is 4.65. The molecule has 0 aromatic rings. The van der Waals surface area contributed by atoms with Gasteiger partial charge in [-0.25, -0.2) is 9.59 Å². The summed E-state index contributed by atoms with van der Waals surface area (Å²) in [5, 5.41) is 6.83. The van der Waals surface area contributed by atoms with Gasteiger partial charge in [-0.2, -0.15) is 0 Å². The number of carbonyl (C=O) groups excluding carboxylic acids is 2. The first-order valence-electron chi connectivity index (χ1n) is 11.3. The molecular weight excluding hydrogens is 384 g/mol. The Morgan fingerprint density at radius 3 is 1.37 bits per heavy atom. The van der Waals surface area contributed by atoms with Crippen molar-refractivity contribution in [2.45, 2.75) is 77.7 Å². The highest BCUT2D eigenvalue weighted by Crippen LogP contribution is 2.26. The van der Waals surface area contributed by atoms with Gasteiger partial charge in [-0.15, -0.1) is 0 Å². The maximum Gasteiger partial charge on any atom is 0.410 e. The molecule has 0 bridgehead atoms. The lowest BCUT2D eigenvalue weighted by molar-refractivity contribution is 0.0272. The largest absolute Gasteiger partial charge is 0.444 e. The molecule has 2 amide bonds. The van der Waals surface area contributed by atoms with Crippen molar-refractivity contribution in [3.05, 3.63) is 0 Å². The first-order chi connectivity index (χ1) is 13.9. The number of carbonyl (C=O) groups is 2. The van der Waals surface area contributed by atoms with Gasteiger partial charge in [0.15, 0.2) is 0 Å². The van der Waals surface area contributed by atoms with E-state index in [0.29, 0.717) is 23.9 Å². The minimum atomic E-state index is -0.387. The highest BCUT2D eigenvalue weighted by molar-refractivity contribution is 5.69. The topological polar surface area (TPSA) is 83.1 Å². The van der Waals surface area contributed by atoms with Crippen LogP contribution in [0.5, 0.6) is 0 Å². The molecular formula is C22H40N4O4. The summed E-state index contributed by atoms with van der Waals surface area (Å²) in [5.41, 5.74) is -0.773. The predicted octanol–water partition coefficient (Wildman–Crippen LogP) is 2.43. The van der Waals surface area contributed by atoms with Crippen molar-refractivity contribution < 1.29 is 19.1 Å². The third-order valence-corrected chi connectivity index (χ3v) is 6.03. The van der Waals surface area contributed by atoms with E-state index in [2.05, 4.69) is 10.6 Å². The molecule has 0 saturated carbocycles. The van der Waals surface area contributed by atoms with Crippen LogP contribution in [0.15, 0.2) is 0 Å². The molecule has 4 fully saturated rings. The zero-order valence-corrected chi connectivity index (χ0v) is 19.5. The van der Waals surface area contributed by atoms with E-state index < -0.39 is 0 Å². The number of nitrogens with zero attached hydrogens (tertiary/aromatic N) is 2. The Bertz CT molecular complexity index is 550. The van der Waals surface area contributed by atoms with E-state index in [1.807, 2.05) is 51.3 Å². The van der Waals surface area contributed by atoms with Crippen molar-refractivity contribution >= 4 is 12.2 Å². The summed E-state index contributed by atoms with van der Waals surface area (Å²) in [4.78, 5) is 27.2. The Morgan fingerprint density at radius 1 is 0.700 bits per heavy atom. The molecule has 4 rings (SSSR count). The highest BCUT2D eigenvalue weighted by Gasteiger charge is 2.40. The van der Waals surface area contributed by atoms with Crippen molar-refractivity contribution in [1.29, 1.82) is 0 Å². The third-order valence-electron chi connectivity index (χ3n) is 6.03. The summed E-state index contributed by atoms with van der Waals surface area (Å²) in [6.45, 7) is 16.9. The summed E-state index contributed by atoms with van der Waals surface area (Å²) in [7, 11) is 0. The van der Waals surface area contributed by atoms with Gasteiger partial charge in [-0.3, -0.25) is 0 Å². The molecule has 4 aliphatic rings. The molecule has 0 spiro atoms. The lowest BCUT2D eigenvalue weighted by Gasteiger charge is -2.24. The van der Waals surface area contributed by atoms with Gasteiger partial charge in [-0.1, -0.05) is 0 Å². The number of fused-ring (bicyclic) bond motifs is 2. The number of amides is 2. The fourth-order valence-corrected chi connectivity index (χ4v) is 4.65. The monoisotopic (exact) mass is 424 g/mol. The lowest BCUT2D eigenvalue weighted by Crippen LogP contribution is -2.37. The number of nitrogens with one attached hydrogen (secondary N) is 2. The molecule has 4 aliphatic heterocycles. The van der Waals surface area contributed by atoms with E-state index >= 15 is 0 Å². The second-order valence-corrected chi connectivity index (χ2v) is 11.0. The molecule has 8 heteroatoms. The van der Waals surface area contributed by atoms with Crippen molar-refractivity contribution in [1.82, 2.24) is 20.4 Å². The average Bonchev–Trinajstić information content (AvgIpc) is 3.31. The molecule has 30 heavy (non-hydrogen) atoms. The summed E-state index contributed by atoms with van der Waals surface area (Å²) >= 11 is 0. The van der Waals surface area contributed by atoms with Crippen molar-refractivity contribution in [2.24, 2.45) is 11.8 Å². The molecule has 4 saturated heterocycles. The predicted molar refractivity (Wildman–Crippen MR) is 115 cm³/mol. The molecule has 8 nitrogen and oxygen atoms in total. The van der Waals surface area contributed by atoms with Gasteiger partial charge in [0, 0.05) is 38.3 Å².